The van der Waals surface area contributed by atoms with E-state index in [9.17, 15) is 0 Å². The van der Waals surface area contributed by atoms with Crippen LogP contribution in [0.4, 0.5) is 5.69 Å². The van der Waals surface area contributed by atoms with Crippen LogP contribution in [-0.4, -0.2) is 38.1 Å². The average Bonchev–Trinajstić information content (AvgIpc) is 2.78. The number of benzene rings is 3. The number of aryl methyl sites for hydroxylation is 1. The van der Waals surface area contributed by atoms with Gasteiger partial charge in [-0.25, -0.2) is 0 Å². The highest BCUT2D eigenvalue weighted by Gasteiger charge is 2.20. The van der Waals surface area contributed by atoms with E-state index in [1.807, 2.05) is 0 Å². The Kier molecular flexibility index (Phi) is 4.69. The molecular weight excluding hydrogens is 354 g/mol. The number of piperazine rings is 1. The summed E-state index contributed by atoms with van der Waals surface area (Å²) in [4.78, 5) is 4.89. The van der Waals surface area contributed by atoms with Gasteiger partial charge in [0, 0.05) is 49.6 Å². The van der Waals surface area contributed by atoms with Crippen LogP contribution in [-0.2, 0) is 6.54 Å². The summed E-state index contributed by atoms with van der Waals surface area (Å²) in [6.45, 7) is 7.65. The zero-order valence-corrected chi connectivity index (χ0v) is 17.3. The largest absolute Gasteiger partial charge is 0.369 e. The van der Waals surface area contributed by atoms with E-state index in [0.717, 1.165) is 32.7 Å². The third kappa shape index (κ3) is 3.16. The molecule has 5 rings (SSSR count). The fourth-order valence-electron chi connectivity index (χ4n) is 4.67. The minimum Gasteiger partial charge on any atom is -0.369 e. The SMILES string of the molecule is CC[n+]1c2ccccc2c(-c2ccc(N3CCN(C)CC3)cc2)c2ccccc21. The molecule has 1 aliphatic heterocycles. The van der Waals surface area contributed by atoms with Gasteiger partial charge >= 0.3 is 0 Å². The lowest BCUT2D eigenvalue weighted by atomic mass is 9.95. The monoisotopic (exact) mass is 382 g/mol. The Balaban J connectivity index is 1.66. The van der Waals surface area contributed by atoms with Gasteiger partial charge in [-0.15, -0.1) is 0 Å². The van der Waals surface area contributed by atoms with Gasteiger partial charge in [-0.05, 0) is 43.8 Å². The molecule has 0 aliphatic carbocycles. The Labute approximate surface area is 172 Å². The number of rotatable bonds is 3. The fourth-order valence-corrected chi connectivity index (χ4v) is 4.67. The molecule has 1 aromatic heterocycles. The van der Waals surface area contributed by atoms with Gasteiger partial charge in [-0.1, -0.05) is 36.4 Å². The van der Waals surface area contributed by atoms with E-state index in [2.05, 4.69) is 101 Å². The van der Waals surface area contributed by atoms with Crippen molar-refractivity contribution < 1.29 is 4.57 Å². The summed E-state index contributed by atoms with van der Waals surface area (Å²) in [7, 11) is 2.20. The van der Waals surface area contributed by atoms with E-state index in [1.54, 1.807) is 0 Å². The highest BCUT2D eigenvalue weighted by Crippen LogP contribution is 2.35. The number of hydrogen-bond acceptors (Lipinski definition) is 2. The second kappa shape index (κ2) is 7.49. The first-order chi connectivity index (χ1) is 14.3. The smallest absolute Gasteiger partial charge is 0.213 e. The molecule has 0 bridgehead atoms. The Morgan fingerprint density at radius 2 is 1.28 bits per heavy atom. The van der Waals surface area contributed by atoms with Gasteiger partial charge in [-0.2, -0.15) is 4.57 Å². The molecule has 0 saturated carbocycles. The molecule has 3 aromatic carbocycles. The molecule has 0 spiro atoms. The number of para-hydroxylation sites is 2. The molecular formula is C26H28N3+. The number of nitrogens with zero attached hydrogens (tertiary/aromatic N) is 3. The summed E-state index contributed by atoms with van der Waals surface area (Å²) >= 11 is 0. The van der Waals surface area contributed by atoms with Crippen LogP contribution in [0, 0.1) is 0 Å². The maximum atomic E-state index is 2.50. The zero-order chi connectivity index (χ0) is 19.8. The van der Waals surface area contributed by atoms with Gasteiger partial charge in [0.1, 0.15) is 6.54 Å². The predicted molar refractivity (Wildman–Crippen MR) is 122 cm³/mol. The molecule has 0 amide bonds. The van der Waals surface area contributed by atoms with Crippen LogP contribution in [0.15, 0.2) is 72.8 Å². The zero-order valence-electron chi connectivity index (χ0n) is 17.3. The van der Waals surface area contributed by atoms with Gasteiger partial charge in [-0.3, -0.25) is 0 Å². The first-order valence-corrected chi connectivity index (χ1v) is 10.6. The average molecular weight is 383 g/mol. The summed E-state index contributed by atoms with van der Waals surface area (Å²) in [5, 5.41) is 2.64. The second-order valence-corrected chi connectivity index (χ2v) is 7.99. The molecule has 0 unspecified atom stereocenters. The van der Waals surface area contributed by atoms with E-state index in [-0.39, 0.29) is 0 Å². The molecule has 1 fully saturated rings. The Morgan fingerprint density at radius 3 is 1.83 bits per heavy atom. The molecule has 3 heteroatoms. The molecule has 0 radical (unpaired) electrons. The highest BCUT2D eigenvalue weighted by molar-refractivity contribution is 6.07. The first-order valence-electron chi connectivity index (χ1n) is 10.6. The molecule has 0 N–H and O–H groups in total. The fraction of sp³-hybridized carbons (Fsp3) is 0.269. The molecule has 0 atom stereocenters. The number of pyridine rings is 1. The van der Waals surface area contributed by atoms with Crippen molar-refractivity contribution in [2.75, 3.05) is 38.1 Å². The van der Waals surface area contributed by atoms with Gasteiger partial charge in [0.25, 0.3) is 0 Å². The molecule has 4 aromatic rings. The third-order valence-electron chi connectivity index (χ3n) is 6.27. The summed E-state index contributed by atoms with van der Waals surface area (Å²) in [5.74, 6) is 0. The van der Waals surface area contributed by atoms with Crippen LogP contribution in [0.2, 0.25) is 0 Å². The number of hydrogen-bond donors (Lipinski definition) is 0. The maximum absolute atomic E-state index is 2.50. The van der Waals surface area contributed by atoms with Crippen molar-refractivity contribution in [2.45, 2.75) is 13.5 Å². The van der Waals surface area contributed by atoms with E-state index in [0.29, 0.717) is 0 Å². The number of fused-ring (bicyclic) bond motifs is 2. The molecule has 2 heterocycles. The predicted octanol–water partition coefficient (Wildman–Crippen LogP) is 4.72. The highest BCUT2D eigenvalue weighted by atomic mass is 15.2. The number of anilines is 1. The Morgan fingerprint density at radius 1 is 0.724 bits per heavy atom. The Bertz CT molecular complexity index is 1100. The minimum atomic E-state index is 0.962. The van der Waals surface area contributed by atoms with Gasteiger partial charge in [0.15, 0.2) is 0 Å². The topological polar surface area (TPSA) is 10.4 Å². The normalized spacial score (nSPS) is 15.3. The van der Waals surface area contributed by atoms with Crippen LogP contribution in [0.25, 0.3) is 32.9 Å². The third-order valence-corrected chi connectivity index (χ3v) is 6.27. The van der Waals surface area contributed by atoms with Crippen LogP contribution in [0.5, 0.6) is 0 Å². The van der Waals surface area contributed by atoms with E-state index < -0.39 is 0 Å². The molecule has 146 valence electrons. The van der Waals surface area contributed by atoms with Crippen molar-refractivity contribution in [1.82, 2.24) is 4.90 Å². The van der Waals surface area contributed by atoms with Crippen molar-refractivity contribution in [1.29, 1.82) is 0 Å². The molecule has 1 saturated heterocycles. The molecule has 3 nitrogen and oxygen atoms in total. The van der Waals surface area contributed by atoms with Crippen LogP contribution in [0.3, 0.4) is 0 Å². The summed E-state index contributed by atoms with van der Waals surface area (Å²) < 4.78 is 2.42. The van der Waals surface area contributed by atoms with E-state index in [1.165, 1.54) is 38.6 Å². The van der Waals surface area contributed by atoms with Crippen LogP contribution in [0.1, 0.15) is 6.92 Å². The lowest BCUT2D eigenvalue weighted by Gasteiger charge is -2.34. The summed E-state index contributed by atoms with van der Waals surface area (Å²) in [6.07, 6.45) is 0. The lowest BCUT2D eigenvalue weighted by molar-refractivity contribution is -0.641. The number of likely N-dealkylation sites (N-methyl/N-ethyl adjacent to an activating group) is 1. The Hall–Kier alpha value is -2.91. The van der Waals surface area contributed by atoms with Crippen LogP contribution >= 0.6 is 0 Å². The van der Waals surface area contributed by atoms with Crippen molar-refractivity contribution in [3.05, 3.63) is 72.8 Å². The second-order valence-electron chi connectivity index (χ2n) is 7.99. The standard InChI is InChI=1S/C26H28N3/c1-3-29-24-10-6-4-8-22(24)26(23-9-5-7-11-25(23)29)20-12-14-21(15-13-20)28-18-16-27(2)17-19-28/h4-15H,3,16-19H2,1-2H3/q+1. The lowest BCUT2D eigenvalue weighted by Crippen LogP contribution is -2.44. The quantitative estimate of drug-likeness (QED) is 0.375. The van der Waals surface area contributed by atoms with Crippen molar-refractivity contribution in [2.24, 2.45) is 0 Å². The molecule has 29 heavy (non-hydrogen) atoms. The van der Waals surface area contributed by atoms with Crippen molar-refractivity contribution >= 4 is 27.5 Å². The molecule has 1 aliphatic rings. The summed E-state index contributed by atoms with van der Waals surface area (Å²) in [5.41, 5.74) is 6.55. The van der Waals surface area contributed by atoms with Gasteiger partial charge in [0.05, 0.1) is 10.8 Å². The van der Waals surface area contributed by atoms with Crippen molar-refractivity contribution in [3.63, 3.8) is 0 Å². The first kappa shape index (κ1) is 18.1. The van der Waals surface area contributed by atoms with Gasteiger partial charge < -0.3 is 9.80 Å². The number of aromatic nitrogens is 1. The van der Waals surface area contributed by atoms with Crippen molar-refractivity contribution in [3.8, 4) is 11.1 Å². The maximum Gasteiger partial charge on any atom is 0.213 e. The van der Waals surface area contributed by atoms with E-state index >= 15 is 0 Å². The van der Waals surface area contributed by atoms with Gasteiger partial charge in [0.2, 0.25) is 11.0 Å². The summed E-state index contributed by atoms with van der Waals surface area (Å²) in [6, 6.07) is 26.8. The minimum absolute atomic E-state index is 0.962. The van der Waals surface area contributed by atoms with E-state index in [4.69, 9.17) is 0 Å². The van der Waals surface area contributed by atoms with Crippen LogP contribution < -0.4 is 9.47 Å².